The summed E-state index contributed by atoms with van der Waals surface area (Å²) in [7, 11) is 1.59. The number of amides is 1. The summed E-state index contributed by atoms with van der Waals surface area (Å²) in [5.74, 6) is 1.53. The van der Waals surface area contributed by atoms with Crippen LogP contribution in [0.15, 0.2) is 47.6 Å². The van der Waals surface area contributed by atoms with Crippen LogP contribution >= 0.6 is 0 Å². The molecule has 6 heteroatoms. The van der Waals surface area contributed by atoms with Gasteiger partial charge < -0.3 is 14.8 Å². The molecule has 27 heavy (non-hydrogen) atoms. The first kappa shape index (κ1) is 20.3. The monoisotopic (exact) mass is 369 g/mol. The van der Waals surface area contributed by atoms with E-state index in [2.05, 4.69) is 29.7 Å². The molecular formula is C21H27N3O3. The third kappa shape index (κ3) is 7.01. The summed E-state index contributed by atoms with van der Waals surface area (Å²) < 4.78 is 11.1. The lowest BCUT2D eigenvalue weighted by Gasteiger charge is -2.12. The lowest BCUT2D eigenvalue weighted by Crippen LogP contribution is -2.25. The minimum Gasteiger partial charge on any atom is -0.493 e. The molecule has 0 aliphatic heterocycles. The summed E-state index contributed by atoms with van der Waals surface area (Å²) in [4.78, 5) is 11.9. The molecule has 0 radical (unpaired) electrons. The van der Waals surface area contributed by atoms with E-state index >= 15 is 0 Å². The van der Waals surface area contributed by atoms with E-state index in [1.807, 2.05) is 49.4 Å². The Balaban J connectivity index is 1.85. The van der Waals surface area contributed by atoms with E-state index in [-0.39, 0.29) is 12.5 Å². The fourth-order valence-electron chi connectivity index (χ4n) is 2.21. The van der Waals surface area contributed by atoms with Crippen LogP contribution in [0.3, 0.4) is 0 Å². The average Bonchev–Trinajstić information content (AvgIpc) is 2.66. The number of carbonyl (C=O) groups is 1. The van der Waals surface area contributed by atoms with Gasteiger partial charge in [0.2, 0.25) is 0 Å². The Hall–Kier alpha value is -3.02. The number of ether oxygens (including phenoxy) is 2. The molecule has 6 nitrogen and oxygen atoms in total. The van der Waals surface area contributed by atoms with Gasteiger partial charge in [0.05, 0.1) is 26.5 Å². The summed E-state index contributed by atoms with van der Waals surface area (Å²) in [5.41, 5.74) is 5.36. The number of methoxy groups -OCH3 is 1. The van der Waals surface area contributed by atoms with Crippen LogP contribution in [0.2, 0.25) is 0 Å². The lowest BCUT2D eigenvalue weighted by molar-refractivity contribution is -0.119. The van der Waals surface area contributed by atoms with Crippen LogP contribution in [-0.2, 0) is 4.79 Å². The molecule has 0 heterocycles. The topological polar surface area (TPSA) is 72.0 Å². The maximum absolute atomic E-state index is 11.9. The summed E-state index contributed by atoms with van der Waals surface area (Å²) in [5, 5.41) is 7.03. The van der Waals surface area contributed by atoms with E-state index in [9.17, 15) is 4.79 Å². The van der Waals surface area contributed by atoms with Gasteiger partial charge in [0, 0.05) is 5.69 Å². The molecule has 0 saturated carbocycles. The van der Waals surface area contributed by atoms with Gasteiger partial charge in [-0.05, 0) is 48.7 Å². The Morgan fingerprint density at radius 3 is 2.56 bits per heavy atom. The molecule has 0 bridgehead atoms. The quantitative estimate of drug-likeness (QED) is 0.523. The van der Waals surface area contributed by atoms with Crippen LogP contribution in [0.25, 0.3) is 0 Å². The molecule has 0 aliphatic carbocycles. The minimum absolute atomic E-state index is 0.145. The summed E-state index contributed by atoms with van der Waals surface area (Å²) >= 11 is 0. The van der Waals surface area contributed by atoms with E-state index in [0.717, 1.165) is 11.3 Å². The van der Waals surface area contributed by atoms with Crippen molar-refractivity contribution in [1.82, 2.24) is 5.43 Å². The Bertz CT molecular complexity index is 771. The first-order valence-electron chi connectivity index (χ1n) is 8.91. The van der Waals surface area contributed by atoms with E-state index in [1.54, 1.807) is 13.3 Å². The number of rotatable bonds is 9. The van der Waals surface area contributed by atoms with Gasteiger partial charge in [0.25, 0.3) is 5.91 Å². The number of anilines is 1. The largest absolute Gasteiger partial charge is 0.493 e. The summed E-state index contributed by atoms with van der Waals surface area (Å²) in [6.07, 6.45) is 1.57. The van der Waals surface area contributed by atoms with Gasteiger partial charge >= 0.3 is 0 Å². The Labute approximate surface area is 160 Å². The highest BCUT2D eigenvalue weighted by molar-refractivity contribution is 5.84. The number of hydrazone groups is 1. The fourth-order valence-corrected chi connectivity index (χ4v) is 2.21. The normalized spacial score (nSPS) is 10.9. The van der Waals surface area contributed by atoms with Gasteiger partial charge in [0.1, 0.15) is 0 Å². The molecule has 2 aromatic rings. The average molecular weight is 369 g/mol. The van der Waals surface area contributed by atoms with Crippen molar-refractivity contribution in [3.8, 4) is 11.5 Å². The van der Waals surface area contributed by atoms with E-state index < -0.39 is 0 Å². The third-order valence-electron chi connectivity index (χ3n) is 3.67. The first-order chi connectivity index (χ1) is 13.0. The van der Waals surface area contributed by atoms with Crippen molar-refractivity contribution in [2.75, 3.05) is 25.6 Å². The van der Waals surface area contributed by atoms with Crippen molar-refractivity contribution in [3.05, 3.63) is 53.6 Å². The molecule has 0 spiro atoms. The maximum Gasteiger partial charge on any atom is 0.259 e. The van der Waals surface area contributed by atoms with Crippen LogP contribution in [0.5, 0.6) is 11.5 Å². The Morgan fingerprint density at radius 1 is 1.15 bits per heavy atom. The number of hydrogen-bond donors (Lipinski definition) is 2. The molecule has 2 rings (SSSR count). The van der Waals surface area contributed by atoms with Crippen LogP contribution < -0.4 is 20.2 Å². The zero-order chi connectivity index (χ0) is 19.6. The zero-order valence-corrected chi connectivity index (χ0v) is 16.3. The van der Waals surface area contributed by atoms with Crippen LogP contribution in [0.1, 0.15) is 25.0 Å². The van der Waals surface area contributed by atoms with Gasteiger partial charge in [0.15, 0.2) is 11.5 Å². The molecule has 0 aliphatic rings. The Kier molecular flexibility index (Phi) is 7.67. The molecule has 2 aromatic carbocycles. The molecule has 0 fully saturated rings. The standard InChI is InChI=1S/C21H27N3O3/c1-15(2)14-27-19-10-7-17(11-20(19)26-4)12-23-24-21(25)13-22-18-8-5-16(3)6-9-18/h5-12,15,22H,13-14H2,1-4H3,(H,24,25)/b23-12-. The molecule has 2 N–H and O–H groups in total. The SMILES string of the molecule is COc1cc(/C=N\NC(=O)CNc2ccc(C)cc2)ccc1OCC(C)C. The molecule has 0 unspecified atom stereocenters. The van der Waals surface area contributed by atoms with E-state index in [4.69, 9.17) is 9.47 Å². The number of nitrogens with one attached hydrogen (secondary N) is 2. The van der Waals surface area contributed by atoms with Gasteiger partial charge in [-0.3, -0.25) is 4.79 Å². The molecule has 0 aromatic heterocycles. The second-order valence-corrected chi connectivity index (χ2v) is 6.63. The Morgan fingerprint density at radius 2 is 1.89 bits per heavy atom. The van der Waals surface area contributed by atoms with Crippen molar-refractivity contribution < 1.29 is 14.3 Å². The number of hydrogen-bond acceptors (Lipinski definition) is 5. The van der Waals surface area contributed by atoms with Crippen LogP contribution in [0, 0.1) is 12.8 Å². The molecule has 1 amide bonds. The molecular weight excluding hydrogens is 342 g/mol. The molecule has 144 valence electrons. The number of nitrogens with zero attached hydrogens (tertiary/aromatic N) is 1. The smallest absolute Gasteiger partial charge is 0.259 e. The number of benzene rings is 2. The maximum atomic E-state index is 11.9. The zero-order valence-electron chi connectivity index (χ0n) is 16.3. The second kappa shape index (κ2) is 10.2. The highest BCUT2D eigenvalue weighted by Crippen LogP contribution is 2.27. The summed E-state index contributed by atoms with van der Waals surface area (Å²) in [6, 6.07) is 13.3. The third-order valence-corrected chi connectivity index (χ3v) is 3.67. The van der Waals surface area contributed by atoms with Gasteiger partial charge in [-0.2, -0.15) is 5.10 Å². The first-order valence-corrected chi connectivity index (χ1v) is 8.91. The highest BCUT2D eigenvalue weighted by atomic mass is 16.5. The van der Waals surface area contributed by atoms with Crippen LogP contribution in [0.4, 0.5) is 5.69 Å². The lowest BCUT2D eigenvalue weighted by atomic mass is 10.2. The van der Waals surface area contributed by atoms with Crippen molar-refractivity contribution in [1.29, 1.82) is 0 Å². The van der Waals surface area contributed by atoms with Crippen molar-refractivity contribution in [3.63, 3.8) is 0 Å². The fraction of sp³-hybridized carbons (Fsp3) is 0.333. The highest BCUT2D eigenvalue weighted by Gasteiger charge is 2.06. The number of aryl methyl sites for hydroxylation is 1. The molecule has 0 atom stereocenters. The van der Waals surface area contributed by atoms with E-state index in [1.165, 1.54) is 5.56 Å². The van der Waals surface area contributed by atoms with Gasteiger partial charge in [-0.25, -0.2) is 5.43 Å². The van der Waals surface area contributed by atoms with E-state index in [0.29, 0.717) is 24.0 Å². The second-order valence-electron chi connectivity index (χ2n) is 6.63. The summed E-state index contributed by atoms with van der Waals surface area (Å²) in [6.45, 7) is 6.95. The minimum atomic E-state index is -0.226. The predicted molar refractivity (Wildman–Crippen MR) is 109 cm³/mol. The number of carbonyl (C=O) groups excluding carboxylic acids is 1. The molecule has 0 saturated heterocycles. The van der Waals surface area contributed by atoms with Crippen molar-refractivity contribution in [2.45, 2.75) is 20.8 Å². The van der Waals surface area contributed by atoms with Crippen molar-refractivity contribution >= 4 is 17.8 Å². The predicted octanol–water partition coefficient (Wildman–Crippen LogP) is 3.60. The van der Waals surface area contributed by atoms with Gasteiger partial charge in [-0.1, -0.05) is 31.5 Å². The van der Waals surface area contributed by atoms with Crippen LogP contribution in [-0.4, -0.2) is 32.4 Å². The van der Waals surface area contributed by atoms with Gasteiger partial charge in [-0.15, -0.1) is 0 Å². The van der Waals surface area contributed by atoms with Crippen molar-refractivity contribution in [2.24, 2.45) is 11.0 Å².